The van der Waals surface area contributed by atoms with E-state index in [1.54, 1.807) is 0 Å². The molecule has 15 heavy (non-hydrogen) atoms. The summed E-state index contributed by atoms with van der Waals surface area (Å²) in [5.41, 5.74) is 2.14. The van der Waals surface area contributed by atoms with Crippen LogP contribution in [0.4, 0.5) is 0 Å². The molecule has 0 radical (unpaired) electrons. The maximum atomic E-state index is 4.32. The van der Waals surface area contributed by atoms with E-state index < -0.39 is 0 Å². The number of hydrogen-bond acceptors (Lipinski definition) is 2. The normalized spacial score (nSPS) is 11.0. The average Bonchev–Trinajstić information content (AvgIpc) is 2.83. The molecule has 3 rings (SSSR count). The van der Waals surface area contributed by atoms with Crippen molar-refractivity contribution in [2.45, 2.75) is 6.92 Å². The molecule has 0 aliphatic heterocycles. The summed E-state index contributed by atoms with van der Waals surface area (Å²) in [7, 11) is 0. The van der Waals surface area contributed by atoms with Gasteiger partial charge in [-0.2, -0.15) is 5.10 Å². The molecule has 0 atom stereocenters. The molecule has 0 saturated heterocycles. The number of aromatic amines is 2. The highest BCUT2D eigenvalue weighted by Gasteiger charge is 2.08. The molecule has 74 valence electrons. The van der Waals surface area contributed by atoms with Crippen molar-refractivity contribution in [3.8, 4) is 11.4 Å². The first kappa shape index (κ1) is 8.23. The van der Waals surface area contributed by atoms with E-state index >= 15 is 0 Å². The standard InChI is InChI=1S/C11H10N4/c1-7-13-11(15-14-7)9-6-12-10-5-3-2-4-8(9)10/h2-6,12H,1H3,(H,13,14,15). The fraction of sp³-hybridized carbons (Fsp3) is 0.0909. The van der Waals surface area contributed by atoms with Crippen molar-refractivity contribution in [2.24, 2.45) is 0 Å². The van der Waals surface area contributed by atoms with Crippen molar-refractivity contribution >= 4 is 10.9 Å². The number of H-pyrrole nitrogens is 2. The van der Waals surface area contributed by atoms with Crippen LogP contribution in [0.5, 0.6) is 0 Å². The number of nitrogens with zero attached hydrogens (tertiary/aromatic N) is 2. The van der Waals surface area contributed by atoms with E-state index in [4.69, 9.17) is 0 Å². The van der Waals surface area contributed by atoms with Gasteiger partial charge in [0.05, 0.1) is 0 Å². The van der Waals surface area contributed by atoms with Crippen LogP contribution in [0.15, 0.2) is 30.5 Å². The molecule has 3 aromatic rings. The van der Waals surface area contributed by atoms with Crippen LogP contribution in [0, 0.1) is 6.92 Å². The highest BCUT2D eigenvalue weighted by Crippen LogP contribution is 2.25. The summed E-state index contributed by atoms with van der Waals surface area (Å²) >= 11 is 0. The van der Waals surface area contributed by atoms with Crippen molar-refractivity contribution in [3.63, 3.8) is 0 Å². The molecule has 2 aromatic heterocycles. The van der Waals surface area contributed by atoms with Gasteiger partial charge in [0.1, 0.15) is 5.82 Å². The monoisotopic (exact) mass is 198 g/mol. The molecule has 0 aliphatic carbocycles. The van der Waals surface area contributed by atoms with E-state index in [1.165, 1.54) is 0 Å². The van der Waals surface area contributed by atoms with E-state index in [2.05, 4.69) is 26.2 Å². The fourth-order valence-electron chi connectivity index (χ4n) is 1.72. The Bertz CT molecular complexity index is 606. The van der Waals surface area contributed by atoms with Crippen LogP contribution in [0.3, 0.4) is 0 Å². The highest BCUT2D eigenvalue weighted by atomic mass is 15.2. The van der Waals surface area contributed by atoms with E-state index in [9.17, 15) is 0 Å². The lowest BCUT2D eigenvalue weighted by Gasteiger charge is -1.91. The SMILES string of the molecule is Cc1nc(-c2c[nH]c3ccccc23)n[nH]1. The number of nitrogens with one attached hydrogen (secondary N) is 2. The summed E-state index contributed by atoms with van der Waals surface area (Å²) < 4.78 is 0. The summed E-state index contributed by atoms with van der Waals surface area (Å²) in [6.07, 6.45) is 1.94. The second-order valence-electron chi connectivity index (χ2n) is 3.49. The van der Waals surface area contributed by atoms with Gasteiger partial charge in [-0.1, -0.05) is 18.2 Å². The zero-order valence-electron chi connectivity index (χ0n) is 8.28. The van der Waals surface area contributed by atoms with Crippen LogP contribution >= 0.6 is 0 Å². The highest BCUT2D eigenvalue weighted by molar-refractivity contribution is 5.93. The molecule has 0 bridgehead atoms. The van der Waals surface area contributed by atoms with Crippen LogP contribution in [-0.4, -0.2) is 20.2 Å². The molecule has 0 amide bonds. The van der Waals surface area contributed by atoms with E-state index in [0.29, 0.717) is 0 Å². The van der Waals surface area contributed by atoms with Gasteiger partial charge in [-0.25, -0.2) is 4.98 Å². The smallest absolute Gasteiger partial charge is 0.183 e. The minimum absolute atomic E-state index is 0.741. The summed E-state index contributed by atoms with van der Waals surface area (Å²) in [4.78, 5) is 7.52. The molecule has 0 spiro atoms. The molecule has 0 fully saturated rings. The molecular formula is C11H10N4. The topological polar surface area (TPSA) is 57.4 Å². The van der Waals surface area contributed by atoms with Gasteiger partial charge < -0.3 is 4.98 Å². The average molecular weight is 198 g/mol. The number of aryl methyl sites for hydroxylation is 1. The maximum Gasteiger partial charge on any atom is 0.183 e. The molecule has 0 saturated carbocycles. The van der Waals surface area contributed by atoms with Crippen molar-refractivity contribution in [1.29, 1.82) is 0 Å². The zero-order chi connectivity index (χ0) is 10.3. The molecule has 0 aliphatic rings. The van der Waals surface area contributed by atoms with Crippen molar-refractivity contribution in [2.75, 3.05) is 0 Å². The van der Waals surface area contributed by atoms with Crippen molar-refractivity contribution in [1.82, 2.24) is 20.2 Å². The molecule has 2 heterocycles. The second kappa shape index (κ2) is 2.95. The van der Waals surface area contributed by atoms with Crippen LogP contribution in [0.2, 0.25) is 0 Å². The first-order chi connectivity index (χ1) is 7.34. The number of rotatable bonds is 1. The number of aromatic nitrogens is 4. The van der Waals surface area contributed by atoms with Gasteiger partial charge in [0, 0.05) is 22.7 Å². The van der Waals surface area contributed by atoms with Gasteiger partial charge in [-0.15, -0.1) is 0 Å². The Labute approximate surface area is 86.4 Å². The minimum Gasteiger partial charge on any atom is -0.360 e. The molecule has 4 heteroatoms. The van der Waals surface area contributed by atoms with Gasteiger partial charge in [0.25, 0.3) is 0 Å². The second-order valence-corrected chi connectivity index (χ2v) is 3.49. The van der Waals surface area contributed by atoms with Gasteiger partial charge in [-0.05, 0) is 13.0 Å². The number of fused-ring (bicyclic) bond motifs is 1. The lowest BCUT2D eigenvalue weighted by molar-refractivity contribution is 1.04. The van der Waals surface area contributed by atoms with Crippen LogP contribution < -0.4 is 0 Å². The van der Waals surface area contributed by atoms with Crippen LogP contribution in [0.25, 0.3) is 22.3 Å². The predicted molar refractivity (Wildman–Crippen MR) is 58.4 cm³/mol. The van der Waals surface area contributed by atoms with Gasteiger partial charge >= 0.3 is 0 Å². The Hall–Kier alpha value is -2.10. The Kier molecular flexibility index (Phi) is 1.62. The maximum absolute atomic E-state index is 4.32. The number of para-hydroxylation sites is 1. The minimum atomic E-state index is 0.741. The van der Waals surface area contributed by atoms with Gasteiger partial charge in [0.2, 0.25) is 0 Å². The fourth-order valence-corrected chi connectivity index (χ4v) is 1.72. The molecule has 1 aromatic carbocycles. The predicted octanol–water partition coefficient (Wildman–Crippen LogP) is 2.26. The first-order valence-electron chi connectivity index (χ1n) is 4.80. The summed E-state index contributed by atoms with van der Waals surface area (Å²) in [6.45, 7) is 1.89. The third-order valence-corrected chi connectivity index (χ3v) is 2.43. The van der Waals surface area contributed by atoms with Crippen molar-refractivity contribution in [3.05, 3.63) is 36.3 Å². The third kappa shape index (κ3) is 1.22. The number of benzene rings is 1. The molecule has 0 unspecified atom stereocenters. The zero-order valence-corrected chi connectivity index (χ0v) is 8.28. The Morgan fingerprint density at radius 3 is 2.87 bits per heavy atom. The third-order valence-electron chi connectivity index (χ3n) is 2.43. The van der Waals surface area contributed by atoms with E-state index in [-0.39, 0.29) is 0 Å². The van der Waals surface area contributed by atoms with Crippen LogP contribution in [0.1, 0.15) is 5.82 Å². The molecule has 4 nitrogen and oxygen atoms in total. The number of hydrogen-bond donors (Lipinski definition) is 2. The largest absolute Gasteiger partial charge is 0.360 e. The van der Waals surface area contributed by atoms with Crippen molar-refractivity contribution < 1.29 is 0 Å². The summed E-state index contributed by atoms with van der Waals surface area (Å²) in [6, 6.07) is 8.12. The Morgan fingerprint density at radius 1 is 1.20 bits per heavy atom. The van der Waals surface area contributed by atoms with Crippen LogP contribution in [-0.2, 0) is 0 Å². The van der Waals surface area contributed by atoms with E-state index in [0.717, 1.165) is 28.1 Å². The quantitative estimate of drug-likeness (QED) is 0.630. The lowest BCUT2D eigenvalue weighted by Crippen LogP contribution is -1.77. The van der Waals surface area contributed by atoms with Gasteiger partial charge in [0.15, 0.2) is 5.82 Å². The lowest BCUT2D eigenvalue weighted by atomic mass is 10.2. The van der Waals surface area contributed by atoms with E-state index in [1.807, 2.05) is 31.3 Å². The summed E-state index contributed by atoms with van der Waals surface area (Å²) in [5.74, 6) is 1.57. The first-order valence-corrected chi connectivity index (χ1v) is 4.80. The molecular weight excluding hydrogens is 188 g/mol. The Balaban J connectivity index is 2.27. The van der Waals surface area contributed by atoms with Gasteiger partial charge in [-0.3, -0.25) is 5.10 Å². The Morgan fingerprint density at radius 2 is 2.07 bits per heavy atom. The molecule has 2 N–H and O–H groups in total. The summed E-state index contributed by atoms with van der Waals surface area (Å²) in [5, 5.41) is 8.15.